The van der Waals surface area contributed by atoms with Crippen LogP contribution in [0.2, 0.25) is 0 Å². The lowest BCUT2D eigenvalue weighted by Gasteiger charge is -2.39. The molecule has 1 aliphatic heterocycles. The number of methoxy groups -OCH3 is 1. The average molecular weight is 369 g/mol. The first-order chi connectivity index (χ1) is 13.1. The lowest BCUT2D eigenvalue weighted by Crippen LogP contribution is -2.53. The third-order valence-electron chi connectivity index (χ3n) is 4.84. The monoisotopic (exact) mass is 369 g/mol. The zero-order valence-corrected chi connectivity index (χ0v) is 14.8. The van der Waals surface area contributed by atoms with Crippen molar-refractivity contribution >= 4 is 23.0 Å². The average Bonchev–Trinajstić information content (AvgIpc) is 3.18. The van der Waals surface area contributed by atoms with E-state index >= 15 is 0 Å². The van der Waals surface area contributed by atoms with Gasteiger partial charge in [0.05, 0.1) is 13.4 Å². The molecule has 140 valence electrons. The Morgan fingerprint density at radius 3 is 2.63 bits per heavy atom. The van der Waals surface area contributed by atoms with Crippen molar-refractivity contribution in [3.63, 3.8) is 0 Å². The zero-order valence-electron chi connectivity index (χ0n) is 14.8. The SMILES string of the molecule is COc1ccccc1OC1(C(=O)O)CCN(c2ncnc3nc[nH]c23)CC1. The second-order valence-electron chi connectivity index (χ2n) is 6.34. The van der Waals surface area contributed by atoms with E-state index in [1.54, 1.807) is 24.5 Å². The molecule has 1 fully saturated rings. The van der Waals surface area contributed by atoms with Gasteiger partial charge in [-0.3, -0.25) is 0 Å². The number of carboxylic acids is 1. The number of carboxylic acid groups (broad SMARTS) is 1. The number of para-hydroxylation sites is 2. The first-order valence-corrected chi connectivity index (χ1v) is 8.57. The summed E-state index contributed by atoms with van der Waals surface area (Å²) < 4.78 is 11.3. The van der Waals surface area contributed by atoms with Crippen LogP contribution in [0.4, 0.5) is 5.82 Å². The Morgan fingerprint density at radius 2 is 1.93 bits per heavy atom. The van der Waals surface area contributed by atoms with Gasteiger partial charge in [-0.2, -0.15) is 0 Å². The minimum absolute atomic E-state index is 0.306. The molecule has 0 bridgehead atoms. The quantitative estimate of drug-likeness (QED) is 0.701. The van der Waals surface area contributed by atoms with Crippen LogP contribution in [0, 0.1) is 0 Å². The molecule has 0 spiro atoms. The molecular weight excluding hydrogens is 350 g/mol. The summed E-state index contributed by atoms with van der Waals surface area (Å²) >= 11 is 0. The molecule has 1 aromatic carbocycles. The fourth-order valence-electron chi connectivity index (χ4n) is 3.34. The summed E-state index contributed by atoms with van der Waals surface area (Å²) in [5, 5.41) is 9.88. The van der Waals surface area contributed by atoms with E-state index in [9.17, 15) is 9.90 Å². The molecular formula is C18H19N5O4. The predicted molar refractivity (Wildman–Crippen MR) is 97.1 cm³/mol. The minimum Gasteiger partial charge on any atom is -0.493 e. The topological polar surface area (TPSA) is 113 Å². The molecule has 1 aliphatic rings. The molecule has 2 aromatic heterocycles. The molecule has 2 N–H and O–H groups in total. The molecule has 0 unspecified atom stereocenters. The highest BCUT2D eigenvalue weighted by atomic mass is 16.5. The second kappa shape index (κ2) is 6.75. The number of imidazole rings is 1. The fourth-order valence-corrected chi connectivity index (χ4v) is 3.34. The van der Waals surface area contributed by atoms with E-state index in [0.717, 1.165) is 5.52 Å². The molecule has 0 amide bonds. The van der Waals surface area contributed by atoms with Crippen molar-refractivity contribution in [2.24, 2.45) is 0 Å². The van der Waals surface area contributed by atoms with Gasteiger partial charge in [0, 0.05) is 25.9 Å². The van der Waals surface area contributed by atoms with Crippen molar-refractivity contribution in [3.8, 4) is 11.5 Å². The number of hydrogen-bond acceptors (Lipinski definition) is 7. The maximum absolute atomic E-state index is 12.1. The van der Waals surface area contributed by atoms with Crippen LogP contribution >= 0.6 is 0 Å². The maximum atomic E-state index is 12.1. The van der Waals surface area contributed by atoms with Crippen LogP contribution in [0.25, 0.3) is 11.2 Å². The summed E-state index contributed by atoms with van der Waals surface area (Å²) in [6.07, 6.45) is 3.64. The molecule has 0 aliphatic carbocycles. The highest BCUT2D eigenvalue weighted by Gasteiger charge is 2.45. The predicted octanol–water partition coefficient (Wildman–Crippen LogP) is 1.86. The van der Waals surface area contributed by atoms with E-state index in [0.29, 0.717) is 48.9 Å². The van der Waals surface area contributed by atoms with Gasteiger partial charge in [-0.05, 0) is 12.1 Å². The van der Waals surface area contributed by atoms with Crippen molar-refractivity contribution < 1.29 is 19.4 Å². The molecule has 9 nitrogen and oxygen atoms in total. The van der Waals surface area contributed by atoms with Gasteiger partial charge in [-0.25, -0.2) is 19.7 Å². The third-order valence-corrected chi connectivity index (χ3v) is 4.84. The Labute approximate surface area is 155 Å². The van der Waals surface area contributed by atoms with Crippen molar-refractivity contribution in [1.29, 1.82) is 0 Å². The van der Waals surface area contributed by atoms with Crippen LogP contribution in [0.1, 0.15) is 12.8 Å². The van der Waals surface area contributed by atoms with Crippen LogP contribution in [-0.2, 0) is 4.79 Å². The second-order valence-corrected chi connectivity index (χ2v) is 6.34. The lowest BCUT2D eigenvalue weighted by atomic mass is 9.91. The Hall–Kier alpha value is -3.36. The zero-order chi connectivity index (χ0) is 18.9. The Balaban J connectivity index is 1.57. The van der Waals surface area contributed by atoms with Crippen molar-refractivity contribution in [3.05, 3.63) is 36.9 Å². The van der Waals surface area contributed by atoms with Gasteiger partial charge in [0.1, 0.15) is 11.8 Å². The van der Waals surface area contributed by atoms with Crippen LogP contribution < -0.4 is 14.4 Å². The summed E-state index contributed by atoms with van der Waals surface area (Å²) in [5.74, 6) is 0.667. The van der Waals surface area contributed by atoms with Crippen molar-refractivity contribution in [1.82, 2.24) is 19.9 Å². The molecule has 0 saturated carbocycles. The highest BCUT2D eigenvalue weighted by molar-refractivity contribution is 5.83. The number of rotatable bonds is 5. The summed E-state index contributed by atoms with van der Waals surface area (Å²) in [7, 11) is 1.53. The summed E-state index contributed by atoms with van der Waals surface area (Å²) in [6, 6.07) is 7.06. The number of aliphatic carboxylic acids is 1. The summed E-state index contributed by atoms with van der Waals surface area (Å²) in [4.78, 5) is 29.7. The number of aromatic nitrogens is 4. The van der Waals surface area contributed by atoms with E-state index < -0.39 is 11.6 Å². The van der Waals surface area contributed by atoms with Gasteiger partial charge in [0.15, 0.2) is 23.0 Å². The largest absolute Gasteiger partial charge is 0.493 e. The van der Waals surface area contributed by atoms with Gasteiger partial charge >= 0.3 is 5.97 Å². The molecule has 3 heterocycles. The summed E-state index contributed by atoms with van der Waals surface area (Å²) in [6.45, 7) is 0.958. The number of anilines is 1. The Kier molecular flexibility index (Phi) is 4.27. The maximum Gasteiger partial charge on any atom is 0.348 e. The van der Waals surface area contributed by atoms with E-state index in [1.807, 2.05) is 11.0 Å². The van der Waals surface area contributed by atoms with Crippen LogP contribution in [0.3, 0.4) is 0 Å². The van der Waals surface area contributed by atoms with Crippen molar-refractivity contribution in [2.75, 3.05) is 25.1 Å². The highest BCUT2D eigenvalue weighted by Crippen LogP contribution is 2.36. The number of piperidine rings is 1. The van der Waals surface area contributed by atoms with Gasteiger partial charge in [-0.15, -0.1) is 0 Å². The Bertz CT molecular complexity index is 965. The molecule has 0 atom stereocenters. The number of carbonyl (C=O) groups is 1. The first-order valence-electron chi connectivity index (χ1n) is 8.57. The minimum atomic E-state index is -1.31. The Morgan fingerprint density at radius 1 is 1.19 bits per heavy atom. The van der Waals surface area contributed by atoms with E-state index in [4.69, 9.17) is 9.47 Å². The van der Waals surface area contributed by atoms with Crippen LogP contribution in [0.5, 0.6) is 11.5 Å². The number of nitrogens with zero attached hydrogens (tertiary/aromatic N) is 4. The number of hydrogen-bond donors (Lipinski definition) is 2. The van der Waals surface area contributed by atoms with Gasteiger partial charge < -0.3 is 24.5 Å². The normalized spacial score (nSPS) is 16.3. The van der Waals surface area contributed by atoms with Crippen molar-refractivity contribution in [2.45, 2.75) is 18.4 Å². The molecule has 3 aromatic rings. The van der Waals surface area contributed by atoms with Gasteiger partial charge in [0.2, 0.25) is 5.60 Å². The summed E-state index contributed by atoms with van der Waals surface area (Å²) in [5.41, 5.74) is 0.0111. The molecule has 4 rings (SSSR count). The number of aromatic amines is 1. The number of ether oxygens (including phenoxy) is 2. The molecule has 9 heteroatoms. The number of nitrogens with one attached hydrogen (secondary N) is 1. The number of H-pyrrole nitrogens is 1. The third kappa shape index (κ3) is 3.01. The van der Waals surface area contributed by atoms with E-state index in [-0.39, 0.29) is 0 Å². The molecule has 27 heavy (non-hydrogen) atoms. The van der Waals surface area contributed by atoms with Gasteiger partial charge in [0.25, 0.3) is 0 Å². The van der Waals surface area contributed by atoms with Crippen LogP contribution in [-0.4, -0.2) is 56.8 Å². The smallest absolute Gasteiger partial charge is 0.348 e. The van der Waals surface area contributed by atoms with Crippen LogP contribution in [0.15, 0.2) is 36.9 Å². The fraction of sp³-hybridized carbons (Fsp3) is 0.333. The number of benzene rings is 1. The first kappa shape index (κ1) is 17.1. The molecule has 1 saturated heterocycles. The molecule has 0 radical (unpaired) electrons. The van der Waals surface area contributed by atoms with Gasteiger partial charge in [-0.1, -0.05) is 12.1 Å². The van der Waals surface area contributed by atoms with E-state index in [2.05, 4.69) is 19.9 Å². The van der Waals surface area contributed by atoms with E-state index in [1.165, 1.54) is 13.4 Å². The standard InChI is InChI=1S/C18H19N5O4/c1-26-12-4-2-3-5-13(12)27-18(17(24)25)6-8-23(9-7-18)16-14-15(20-10-19-14)21-11-22-16/h2-5,10-11H,6-9H2,1H3,(H,24,25)(H,19,20,21,22). The lowest BCUT2D eigenvalue weighted by molar-refractivity contribution is -0.157. The number of fused-ring (bicyclic) bond motifs is 1.